The number of nitrogen functional groups attached to an aromatic ring is 1. The second kappa shape index (κ2) is 3.38. The van der Waals surface area contributed by atoms with E-state index in [2.05, 4.69) is 23.8 Å². The van der Waals surface area contributed by atoms with E-state index >= 15 is 0 Å². The van der Waals surface area contributed by atoms with Gasteiger partial charge in [-0.25, -0.2) is 9.97 Å². The fraction of sp³-hybridized carbons (Fsp3) is 0.500. The predicted octanol–water partition coefficient (Wildman–Crippen LogP) is 0.903. The van der Waals surface area contributed by atoms with Gasteiger partial charge in [0.05, 0.1) is 0 Å². The van der Waals surface area contributed by atoms with Crippen LogP contribution >= 0.6 is 0 Å². The molecule has 0 unspecified atom stereocenters. The van der Waals surface area contributed by atoms with Crippen LogP contribution in [0.4, 0.5) is 11.6 Å². The Morgan fingerprint density at radius 3 is 2.42 bits per heavy atom. The first-order valence-corrected chi connectivity index (χ1v) is 3.92. The molecule has 0 amide bonds. The summed E-state index contributed by atoms with van der Waals surface area (Å²) in [5.41, 5.74) is 5.64. The molecule has 0 atom stereocenters. The van der Waals surface area contributed by atoms with Gasteiger partial charge in [-0.05, 0) is 13.8 Å². The van der Waals surface area contributed by atoms with Gasteiger partial charge in [0, 0.05) is 25.5 Å². The number of anilines is 2. The maximum absolute atomic E-state index is 5.64. The van der Waals surface area contributed by atoms with Gasteiger partial charge in [0.15, 0.2) is 11.6 Å². The molecule has 4 nitrogen and oxygen atoms in total. The third-order valence-corrected chi connectivity index (χ3v) is 1.81. The average molecular weight is 166 g/mol. The smallest absolute Gasteiger partial charge is 0.171 e. The van der Waals surface area contributed by atoms with Crippen molar-refractivity contribution in [1.29, 1.82) is 0 Å². The minimum absolute atomic E-state index is 0.379. The summed E-state index contributed by atoms with van der Waals surface area (Å²) < 4.78 is 0. The molecule has 0 saturated carbocycles. The van der Waals surface area contributed by atoms with Gasteiger partial charge in [0.25, 0.3) is 0 Å². The highest BCUT2D eigenvalue weighted by atomic mass is 15.2. The van der Waals surface area contributed by atoms with Crippen LogP contribution in [0, 0.1) is 0 Å². The zero-order valence-electron chi connectivity index (χ0n) is 7.65. The van der Waals surface area contributed by atoms with E-state index in [0.29, 0.717) is 11.9 Å². The summed E-state index contributed by atoms with van der Waals surface area (Å²) in [6.45, 7) is 4.16. The van der Waals surface area contributed by atoms with Crippen molar-refractivity contribution in [3.05, 3.63) is 12.4 Å². The van der Waals surface area contributed by atoms with Crippen LogP contribution in [0.2, 0.25) is 0 Å². The van der Waals surface area contributed by atoms with Crippen LogP contribution in [0.15, 0.2) is 12.4 Å². The summed E-state index contributed by atoms with van der Waals surface area (Å²) in [5, 5.41) is 0. The minimum atomic E-state index is 0.379. The van der Waals surface area contributed by atoms with Gasteiger partial charge in [-0.1, -0.05) is 0 Å². The minimum Gasteiger partial charge on any atom is -0.381 e. The highest BCUT2D eigenvalue weighted by molar-refractivity contribution is 5.56. The average Bonchev–Trinajstić information content (AvgIpc) is 2.04. The highest BCUT2D eigenvalue weighted by Crippen LogP contribution is 2.16. The molecule has 1 rings (SSSR count). The van der Waals surface area contributed by atoms with Crippen molar-refractivity contribution in [2.75, 3.05) is 17.7 Å². The molecule has 0 radical (unpaired) electrons. The highest BCUT2D eigenvalue weighted by Gasteiger charge is 2.09. The fourth-order valence-corrected chi connectivity index (χ4v) is 0.858. The SMILES string of the molecule is CC(C)N(C)c1nccnc1N. The number of nitrogens with zero attached hydrogens (tertiary/aromatic N) is 3. The van der Waals surface area contributed by atoms with Crippen molar-refractivity contribution in [1.82, 2.24) is 9.97 Å². The fourth-order valence-electron chi connectivity index (χ4n) is 0.858. The van der Waals surface area contributed by atoms with E-state index in [4.69, 9.17) is 5.73 Å². The molecule has 0 aliphatic rings. The normalized spacial score (nSPS) is 10.3. The van der Waals surface area contributed by atoms with Crippen LogP contribution in [0.5, 0.6) is 0 Å². The summed E-state index contributed by atoms with van der Waals surface area (Å²) >= 11 is 0. The van der Waals surface area contributed by atoms with Gasteiger partial charge in [0.1, 0.15) is 0 Å². The molecule has 0 aliphatic carbocycles. The first kappa shape index (κ1) is 8.77. The number of rotatable bonds is 2. The van der Waals surface area contributed by atoms with Crippen molar-refractivity contribution >= 4 is 11.6 Å². The Balaban J connectivity index is 2.94. The summed E-state index contributed by atoms with van der Waals surface area (Å²) in [6.07, 6.45) is 3.23. The first-order valence-electron chi connectivity index (χ1n) is 3.92. The third kappa shape index (κ3) is 1.64. The molecular formula is C8H14N4. The molecule has 12 heavy (non-hydrogen) atoms. The van der Waals surface area contributed by atoms with E-state index < -0.39 is 0 Å². The molecular weight excluding hydrogens is 152 g/mol. The Kier molecular flexibility index (Phi) is 2.47. The summed E-state index contributed by atoms with van der Waals surface area (Å²) in [5.74, 6) is 1.22. The second-order valence-electron chi connectivity index (χ2n) is 2.97. The Bertz CT molecular complexity index is 259. The zero-order valence-corrected chi connectivity index (χ0v) is 7.65. The van der Waals surface area contributed by atoms with Crippen LogP contribution < -0.4 is 10.6 Å². The predicted molar refractivity (Wildman–Crippen MR) is 50.0 cm³/mol. The maximum Gasteiger partial charge on any atom is 0.171 e. The number of nitrogens with two attached hydrogens (primary N) is 1. The number of aromatic nitrogens is 2. The summed E-state index contributed by atoms with van der Waals surface area (Å²) in [4.78, 5) is 10.1. The van der Waals surface area contributed by atoms with E-state index in [1.54, 1.807) is 12.4 Å². The number of hydrogen-bond donors (Lipinski definition) is 1. The van der Waals surface area contributed by atoms with E-state index in [0.717, 1.165) is 5.82 Å². The quantitative estimate of drug-likeness (QED) is 0.709. The van der Waals surface area contributed by atoms with Crippen LogP contribution in [-0.4, -0.2) is 23.1 Å². The maximum atomic E-state index is 5.64. The first-order chi connectivity index (χ1) is 5.63. The van der Waals surface area contributed by atoms with Gasteiger partial charge in [0.2, 0.25) is 0 Å². The van der Waals surface area contributed by atoms with Gasteiger partial charge >= 0.3 is 0 Å². The Hall–Kier alpha value is -1.32. The Morgan fingerprint density at radius 1 is 1.33 bits per heavy atom. The molecule has 0 aromatic carbocycles. The lowest BCUT2D eigenvalue weighted by molar-refractivity contribution is 0.742. The third-order valence-electron chi connectivity index (χ3n) is 1.81. The van der Waals surface area contributed by atoms with E-state index in [-0.39, 0.29) is 0 Å². The zero-order chi connectivity index (χ0) is 9.14. The molecule has 66 valence electrons. The van der Waals surface area contributed by atoms with E-state index in [1.807, 2.05) is 11.9 Å². The molecule has 1 heterocycles. The van der Waals surface area contributed by atoms with Crippen molar-refractivity contribution in [3.8, 4) is 0 Å². The standard InChI is InChI=1S/C8H14N4/c1-6(2)12(3)8-7(9)10-4-5-11-8/h4-6H,1-3H3,(H2,9,10). The Labute approximate surface area is 72.4 Å². The van der Waals surface area contributed by atoms with Crippen LogP contribution in [0.25, 0.3) is 0 Å². The van der Waals surface area contributed by atoms with Gasteiger partial charge in [-0.2, -0.15) is 0 Å². The van der Waals surface area contributed by atoms with Crippen molar-refractivity contribution < 1.29 is 0 Å². The van der Waals surface area contributed by atoms with E-state index in [1.165, 1.54) is 0 Å². The van der Waals surface area contributed by atoms with Gasteiger partial charge in [-0.15, -0.1) is 0 Å². The lowest BCUT2D eigenvalue weighted by atomic mass is 10.3. The van der Waals surface area contributed by atoms with Crippen LogP contribution in [-0.2, 0) is 0 Å². The van der Waals surface area contributed by atoms with Crippen LogP contribution in [0.3, 0.4) is 0 Å². The largest absolute Gasteiger partial charge is 0.381 e. The van der Waals surface area contributed by atoms with Crippen molar-refractivity contribution in [3.63, 3.8) is 0 Å². The number of hydrogen-bond acceptors (Lipinski definition) is 4. The topological polar surface area (TPSA) is 55.0 Å². The molecule has 4 heteroatoms. The van der Waals surface area contributed by atoms with Crippen molar-refractivity contribution in [2.24, 2.45) is 0 Å². The second-order valence-corrected chi connectivity index (χ2v) is 2.97. The van der Waals surface area contributed by atoms with Crippen LogP contribution in [0.1, 0.15) is 13.8 Å². The molecule has 0 aliphatic heterocycles. The molecule has 0 spiro atoms. The molecule has 0 fully saturated rings. The van der Waals surface area contributed by atoms with E-state index in [9.17, 15) is 0 Å². The molecule has 0 saturated heterocycles. The lowest BCUT2D eigenvalue weighted by Crippen LogP contribution is -2.27. The van der Waals surface area contributed by atoms with Crippen molar-refractivity contribution in [2.45, 2.75) is 19.9 Å². The molecule has 1 aromatic heterocycles. The van der Waals surface area contributed by atoms with Gasteiger partial charge < -0.3 is 10.6 Å². The monoisotopic (exact) mass is 166 g/mol. The summed E-state index contributed by atoms with van der Waals surface area (Å²) in [6, 6.07) is 0.379. The molecule has 0 bridgehead atoms. The lowest BCUT2D eigenvalue weighted by Gasteiger charge is -2.22. The molecule has 2 N–H and O–H groups in total. The Morgan fingerprint density at radius 2 is 1.92 bits per heavy atom. The molecule has 1 aromatic rings. The summed E-state index contributed by atoms with van der Waals surface area (Å²) in [7, 11) is 1.95. The van der Waals surface area contributed by atoms with Gasteiger partial charge in [-0.3, -0.25) is 0 Å².